The molecule has 0 saturated carbocycles. The summed E-state index contributed by atoms with van der Waals surface area (Å²) in [6.07, 6.45) is 81.9. The highest BCUT2D eigenvalue weighted by Gasteiger charge is 2.19. The topological polar surface area (TPSA) is 78.9 Å². The molecule has 0 saturated heterocycles. The summed E-state index contributed by atoms with van der Waals surface area (Å²) < 4.78 is 16.9. The molecule has 0 rings (SSSR count). The summed E-state index contributed by atoms with van der Waals surface area (Å²) >= 11 is 0. The van der Waals surface area contributed by atoms with E-state index in [1.165, 1.54) is 186 Å². The van der Waals surface area contributed by atoms with Gasteiger partial charge >= 0.3 is 17.9 Å². The SMILES string of the molecule is CC/C=C\C/C=C\C/C=C\C/C=C\CCCCCCCCC(=O)OC(COC(=O)CCCCCCCCCCC/C=C\C/C=C\CCCCCCC)COC(=O)CCCCCCCCCCCCCCCCCCC. The van der Waals surface area contributed by atoms with Gasteiger partial charge in [-0.15, -0.1) is 0 Å². The van der Waals surface area contributed by atoms with Gasteiger partial charge in [0.1, 0.15) is 13.2 Å². The Kier molecular flexibility index (Phi) is 60.7. The van der Waals surface area contributed by atoms with Gasteiger partial charge in [-0.1, -0.05) is 293 Å². The van der Waals surface area contributed by atoms with Gasteiger partial charge in [0.25, 0.3) is 0 Å². The quantitative estimate of drug-likeness (QED) is 0.0261. The van der Waals surface area contributed by atoms with Gasteiger partial charge in [0.15, 0.2) is 6.10 Å². The highest BCUT2D eigenvalue weighted by atomic mass is 16.6. The van der Waals surface area contributed by atoms with Crippen molar-refractivity contribution < 1.29 is 28.6 Å². The van der Waals surface area contributed by atoms with Crippen LogP contribution in [0.3, 0.4) is 0 Å². The normalized spacial score (nSPS) is 12.5. The van der Waals surface area contributed by atoms with Gasteiger partial charge in [0.2, 0.25) is 0 Å². The molecule has 0 N–H and O–H groups in total. The molecule has 6 heteroatoms. The third kappa shape index (κ3) is 61.6. The molecule has 0 amide bonds. The third-order valence-corrected chi connectivity index (χ3v) is 14.2. The number of carbonyl (C=O) groups excluding carboxylic acids is 3. The molecule has 0 aliphatic heterocycles. The van der Waals surface area contributed by atoms with Crippen molar-refractivity contribution in [3.05, 3.63) is 72.9 Å². The fraction of sp³-hybridized carbons (Fsp3) is 0.783. The molecule has 0 fully saturated rings. The Morgan fingerprint density at radius 3 is 0.813 bits per heavy atom. The second-order valence-corrected chi connectivity index (χ2v) is 21.6. The highest BCUT2D eigenvalue weighted by Crippen LogP contribution is 2.17. The van der Waals surface area contributed by atoms with E-state index in [9.17, 15) is 14.4 Å². The molecular weight excluding hydrogens is 925 g/mol. The van der Waals surface area contributed by atoms with Gasteiger partial charge in [0, 0.05) is 19.3 Å². The van der Waals surface area contributed by atoms with E-state index in [0.29, 0.717) is 19.3 Å². The summed E-state index contributed by atoms with van der Waals surface area (Å²) in [7, 11) is 0. The first-order valence-electron chi connectivity index (χ1n) is 32.4. The van der Waals surface area contributed by atoms with Crippen molar-refractivity contribution in [1.29, 1.82) is 0 Å². The van der Waals surface area contributed by atoms with Crippen LogP contribution in [0.25, 0.3) is 0 Å². The van der Waals surface area contributed by atoms with Crippen LogP contribution >= 0.6 is 0 Å². The Labute approximate surface area is 465 Å². The molecule has 0 aromatic carbocycles. The molecule has 434 valence electrons. The highest BCUT2D eigenvalue weighted by molar-refractivity contribution is 5.71. The zero-order chi connectivity index (χ0) is 54.3. The predicted octanol–water partition coefficient (Wildman–Crippen LogP) is 22.1. The van der Waals surface area contributed by atoms with E-state index in [0.717, 1.165) is 103 Å². The Balaban J connectivity index is 4.38. The largest absolute Gasteiger partial charge is 0.462 e. The Hall–Kier alpha value is -3.15. The van der Waals surface area contributed by atoms with Crippen LogP contribution in [0, 0.1) is 0 Å². The monoisotopic (exact) mass is 1050 g/mol. The fourth-order valence-electron chi connectivity index (χ4n) is 9.35. The van der Waals surface area contributed by atoms with Gasteiger partial charge in [-0.3, -0.25) is 14.4 Å². The maximum absolute atomic E-state index is 12.9. The number of ether oxygens (including phenoxy) is 3. The van der Waals surface area contributed by atoms with E-state index in [2.05, 4.69) is 93.7 Å². The summed E-state index contributed by atoms with van der Waals surface area (Å²) in [4.78, 5) is 38.4. The molecular formula is C69H122O6. The van der Waals surface area contributed by atoms with Gasteiger partial charge < -0.3 is 14.2 Å². The van der Waals surface area contributed by atoms with E-state index in [-0.39, 0.29) is 31.1 Å². The number of carbonyl (C=O) groups is 3. The Bertz CT molecular complexity index is 1390. The molecule has 0 aliphatic rings. The summed E-state index contributed by atoms with van der Waals surface area (Å²) in [5, 5.41) is 0. The van der Waals surface area contributed by atoms with Crippen molar-refractivity contribution in [1.82, 2.24) is 0 Å². The second-order valence-electron chi connectivity index (χ2n) is 21.6. The van der Waals surface area contributed by atoms with E-state index in [1.807, 2.05) is 0 Å². The number of unbranched alkanes of at least 4 members (excludes halogenated alkanes) is 36. The van der Waals surface area contributed by atoms with E-state index < -0.39 is 6.10 Å². The standard InChI is InChI=1S/C69H122O6/c1-4-7-10-13-16-19-22-25-28-31-33-34-36-38-41-44-47-50-53-56-59-62-68(71)74-65-66(64-73-67(70)61-58-55-52-49-46-43-40-37-30-27-24-21-18-15-12-9-6-3)75-69(72)63-60-57-54-51-48-45-42-39-35-32-29-26-23-20-17-14-11-8-5-2/h8,11,17,20,22,25-26,29,31,33,35,39,66H,4-7,9-10,12-16,18-19,21,23-24,27-28,30,32,34,36-38,40-65H2,1-3H3/b11-8-,20-17-,25-22-,29-26-,33-31-,39-35-. The van der Waals surface area contributed by atoms with Crippen molar-refractivity contribution in [2.24, 2.45) is 0 Å². The molecule has 0 radical (unpaired) electrons. The zero-order valence-corrected chi connectivity index (χ0v) is 49.8. The van der Waals surface area contributed by atoms with E-state index in [1.54, 1.807) is 0 Å². The molecule has 0 bridgehead atoms. The second kappa shape index (κ2) is 63.4. The maximum atomic E-state index is 12.9. The molecule has 0 heterocycles. The lowest BCUT2D eigenvalue weighted by molar-refractivity contribution is -0.167. The predicted molar refractivity (Wildman–Crippen MR) is 325 cm³/mol. The van der Waals surface area contributed by atoms with Gasteiger partial charge in [-0.2, -0.15) is 0 Å². The average Bonchev–Trinajstić information content (AvgIpc) is 3.41. The van der Waals surface area contributed by atoms with E-state index in [4.69, 9.17) is 14.2 Å². The van der Waals surface area contributed by atoms with Crippen molar-refractivity contribution in [3.63, 3.8) is 0 Å². The smallest absolute Gasteiger partial charge is 0.306 e. The van der Waals surface area contributed by atoms with Gasteiger partial charge in [-0.05, 0) is 89.9 Å². The molecule has 0 aromatic rings. The van der Waals surface area contributed by atoms with Crippen LogP contribution in [-0.2, 0) is 28.6 Å². The first-order chi connectivity index (χ1) is 37.0. The molecule has 0 aromatic heterocycles. The number of rotatable bonds is 59. The van der Waals surface area contributed by atoms with Crippen LogP contribution in [-0.4, -0.2) is 37.2 Å². The van der Waals surface area contributed by atoms with E-state index >= 15 is 0 Å². The van der Waals surface area contributed by atoms with Crippen molar-refractivity contribution >= 4 is 17.9 Å². The lowest BCUT2D eigenvalue weighted by atomic mass is 10.0. The Morgan fingerprint density at radius 2 is 0.520 bits per heavy atom. The molecule has 6 nitrogen and oxygen atoms in total. The number of esters is 3. The van der Waals surface area contributed by atoms with Crippen molar-refractivity contribution in [2.45, 2.75) is 335 Å². The molecule has 1 unspecified atom stereocenters. The minimum absolute atomic E-state index is 0.0796. The van der Waals surface area contributed by atoms with Crippen molar-refractivity contribution in [2.75, 3.05) is 13.2 Å². The first kappa shape index (κ1) is 71.8. The number of allylic oxidation sites excluding steroid dienone is 12. The number of hydrogen-bond donors (Lipinski definition) is 0. The summed E-state index contributed by atoms with van der Waals surface area (Å²) in [6.45, 7) is 6.55. The van der Waals surface area contributed by atoms with Crippen LogP contribution in [0.5, 0.6) is 0 Å². The van der Waals surface area contributed by atoms with Crippen LogP contribution < -0.4 is 0 Å². The Morgan fingerprint density at radius 1 is 0.280 bits per heavy atom. The van der Waals surface area contributed by atoms with Crippen LogP contribution in [0.15, 0.2) is 72.9 Å². The maximum Gasteiger partial charge on any atom is 0.306 e. The van der Waals surface area contributed by atoms with Crippen molar-refractivity contribution in [3.8, 4) is 0 Å². The molecule has 0 aliphatic carbocycles. The van der Waals surface area contributed by atoms with Gasteiger partial charge in [-0.25, -0.2) is 0 Å². The van der Waals surface area contributed by atoms with Gasteiger partial charge in [0.05, 0.1) is 0 Å². The summed E-state index contributed by atoms with van der Waals surface area (Å²) in [5.74, 6) is -0.880. The minimum atomic E-state index is -0.785. The summed E-state index contributed by atoms with van der Waals surface area (Å²) in [6, 6.07) is 0. The van der Waals surface area contributed by atoms with Crippen LogP contribution in [0.1, 0.15) is 329 Å². The molecule has 1 atom stereocenters. The summed E-state index contributed by atoms with van der Waals surface area (Å²) in [5.41, 5.74) is 0. The lowest BCUT2D eigenvalue weighted by Gasteiger charge is -2.18. The molecule has 75 heavy (non-hydrogen) atoms. The zero-order valence-electron chi connectivity index (χ0n) is 49.8. The third-order valence-electron chi connectivity index (χ3n) is 14.2. The average molecular weight is 1050 g/mol. The number of hydrogen-bond acceptors (Lipinski definition) is 6. The minimum Gasteiger partial charge on any atom is -0.462 e. The van der Waals surface area contributed by atoms with Crippen LogP contribution in [0.4, 0.5) is 0 Å². The fourth-order valence-corrected chi connectivity index (χ4v) is 9.35. The molecule has 0 spiro atoms. The lowest BCUT2D eigenvalue weighted by Crippen LogP contribution is -2.30. The van der Waals surface area contributed by atoms with Crippen LogP contribution in [0.2, 0.25) is 0 Å². The first-order valence-corrected chi connectivity index (χ1v) is 32.4.